The molecule has 15 nitrogen and oxygen atoms in total. The van der Waals surface area contributed by atoms with Gasteiger partial charge in [-0.05, 0) is 107 Å². The second-order valence-corrected chi connectivity index (χ2v) is 20.2. The highest BCUT2D eigenvalue weighted by atomic mass is 16.6. The number of esters is 1. The molecule has 1 aliphatic carbocycles. The minimum atomic E-state index is -2.43. The van der Waals surface area contributed by atoms with E-state index in [1.54, 1.807) is 41.1 Å². The van der Waals surface area contributed by atoms with Crippen LogP contribution in [0.25, 0.3) is 0 Å². The molecule has 1 unspecified atom stereocenters. The standard InChI is InChI=1S/C53H83NO14/c1-32-16-12-11-13-17-33(2)44(63-8)30-40-21-19-38(7)53(62,68-40)50(59)51(60)54-23-15-14-18-41(54)52(61)67-45(35(4)28-39-20-22-43(66-25-24-55)46(29-39)64-9)31-42(56)34(3)27-37(6)48(58)49(65-10)47(57)36(5)26-32/h11-13,16-17,27,32,34-36,38-41,43-46,48-49,55,58,62H,14-15,18-26,28-31H2,1-10H3/b13-11+,16-12-,33-17+,37-27+/t32-,34-,35-,36-,38-,39+,40+,41?,43-,44+,45+,46-,48-,49+,53-/m1/s1. The van der Waals surface area contributed by atoms with Crippen molar-refractivity contribution in [2.24, 2.45) is 35.5 Å². The van der Waals surface area contributed by atoms with Gasteiger partial charge in [-0.2, -0.15) is 0 Å². The molecule has 1 amide bonds. The Kier molecular flexibility index (Phi) is 22.9. The zero-order chi connectivity index (χ0) is 50.3. The lowest BCUT2D eigenvalue weighted by Crippen LogP contribution is -2.61. The van der Waals surface area contributed by atoms with Gasteiger partial charge in [0.15, 0.2) is 5.78 Å². The number of ketones is 3. The van der Waals surface area contributed by atoms with Gasteiger partial charge in [-0.25, -0.2) is 4.79 Å². The number of hydrogen-bond acceptors (Lipinski definition) is 14. The zero-order valence-corrected chi connectivity index (χ0v) is 42.4. The molecule has 15 atom stereocenters. The highest BCUT2D eigenvalue weighted by Crippen LogP contribution is 2.38. The normalized spacial score (nSPS) is 39.2. The molecule has 3 fully saturated rings. The van der Waals surface area contributed by atoms with Crippen molar-refractivity contribution in [3.05, 3.63) is 47.6 Å². The van der Waals surface area contributed by atoms with Crippen molar-refractivity contribution < 1.29 is 67.7 Å². The number of piperidine rings is 1. The smallest absolute Gasteiger partial charge is 0.329 e. The van der Waals surface area contributed by atoms with E-state index in [-0.39, 0.29) is 74.1 Å². The minimum absolute atomic E-state index is 0.0158. The average molecular weight is 958 g/mol. The lowest BCUT2D eigenvalue weighted by atomic mass is 9.78. The Hall–Kier alpha value is -3.41. The summed E-state index contributed by atoms with van der Waals surface area (Å²) in [4.78, 5) is 72.1. The molecule has 4 rings (SSSR count). The van der Waals surface area contributed by atoms with Crippen LogP contribution in [0, 0.1) is 35.5 Å². The van der Waals surface area contributed by atoms with Crippen LogP contribution in [0.5, 0.6) is 0 Å². The molecule has 384 valence electrons. The monoisotopic (exact) mass is 958 g/mol. The second kappa shape index (κ2) is 27.3. The van der Waals surface area contributed by atoms with Crippen LogP contribution < -0.4 is 0 Å². The first-order chi connectivity index (χ1) is 32.3. The van der Waals surface area contributed by atoms with Gasteiger partial charge in [-0.15, -0.1) is 0 Å². The Bertz CT molecular complexity index is 1810. The first-order valence-corrected chi connectivity index (χ1v) is 25.0. The maximum absolute atomic E-state index is 14.5. The summed E-state index contributed by atoms with van der Waals surface area (Å²) in [6, 6.07) is -1.14. The van der Waals surface area contributed by atoms with E-state index in [0.29, 0.717) is 63.4 Å². The number of methoxy groups -OCH3 is 3. The third kappa shape index (κ3) is 15.3. The quantitative estimate of drug-likeness (QED) is 0.134. The van der Waals surface area contributed by atoms with Gasteiger partial charge >= 0.3 is 5.97 Å². The molecule has 1 saturated carbocycles. The Morgan fingerprint density at radius 1 is 0.853 bits per heavy atom. The topological polar surface area (TPSA) is 205 Å². The molecule has 4 aliphatic rings. The summed E-state index contributed by atoms with van der Waals surface area (Å²) in [5, 5.41) is 32.8. The number of carbonyl (C=O) groups excluding carboxylic acids is 5. The van der Waals surface area contributed by atoms with Crippen LogP contribution in [0.1, 0.15) is 126 Å². The van der Waals surface area contributed by atoms with Crippen molar-refractivity contribution in [1.82, 2.24) is 4.90 Å². The van der Waals surface area contributed by atoms with Gasteiger partial charge in [-0.3, -0.25) is 19.2 Å². The zero-order valence-electron chi connectivity index (χ0n) is 42.4. The summed E-state index contributed by atoms with van der Waals surface area (Å²) in [7, 11) is 4.58. The largest absolute Gasteiger partial charge is 0.460 e. The molecule has 3 aliphatic heterocycles. The molecule has 2 saturated heterocycles. The predicted octanol–water partition coefficient (Wildman–Crippen LogP) is 6.20. The van der Waals surface area contributed by atoms with Crippen molar-refractivity contribution >= 4 is 29.2 Å². The fraction of sp³-hybridized carbons (Fsp3) is 0.755. The van der Waals surface area contributed by atoms with Gasteiger partial charge in [0.2, 0.25) is 5.79 Å². The number of allylic oxidation sites excluding steroid dienone is 6. The molecule has 68 heavy (non-hydrogen) atoms. The molecule has 2 bridgehead atoms. The maximum atomic E-state index is 14.5. The van der Waals surface area contributed by atoms with Crippen LogP contribution in [0.2, 0.25) is 0 Å². The Morgan fingerprint density at radius 3 is 2.26 bits per heavy atom. The van der Waals surface area contributed by atoms with E-state index in [4.69, 9.17) is 28.4 Å². The Morgan fingerprint density at radius 2 is 1.59 bits per heavy atom. The summed E-state index contributed by atoms with van der Waals surface area (Å²) >= 11 is 0. The summed E-state index contributed by atoms with van der Waals surface area (Å²) in [6.45, 7) is 12.9. The van der Waals surface area contributed by atoms with Crippen molar-refractivity contribution in [2.45, 2.75) is 180 Å². The van der Waals surface area contributed by atoms with Crippen LogP contribution in [-0.4, -0.2) is 145 Å². The fourth-order valence-electron chi connectivity index (χ4n) is 10.5. The molecule has 3 heterocycles. The fourth-order valence-corrected chi connectivity index (χ4v) is 10.5. The number of nitrogens with zero attached hydrogens (tertiary/aromatic N) is 1. The number of fused-ring (bicyclic) bond motifs is 3. The number of Topliss-reactive ketones (excluding diaryl/α,β-unsaturated/α-hetero) is 3. The Balaban J connectivity index is 1.70. The minimum Gasteiger partial charge on any atom is -0.460 e. The summed E-state index contributed by atoms with van der Waals surface area (Å²) < 4.78 is 35.6. The molecule has 0 aromatic carbocycles. The highest BCUT2D eigenvalue weighted by molar-refractivity contribution is 6.39. The van der Waals surface area contributed by atoms with E-state index in [1.165, 1.54) is 12.0 Å². The van der Waals surface area contributed by atoms with Crippen molar-refractivity contribution in [2.75, 3.05) is 41.1 Å². The van der Waals surface area contributed by atoms with Crippen molar-refractivity contribution in [3.8, 4) is 0 Å². The third-order valence-corrected chi connectivity index (χ3v) is 14.9. The number of aliphatic hydroxyl groups excluding tert-OH is 2. The van der Waals surface area contributed by atoms with E-state index in [1.807, 2.05) is 58.1 Å². The first-order valence-electron chi connectivity index (χ1n) is 25.0. The van der Waals surface area contributed by atoms with Gasteiger partial charge in [0.25, 0.3) is 11.7 Å². The van der Waals surface area contributed by atoms with E-state index >= 15 is 0 Å². The summed E-state index contributed by atoms with van der Waals surface area (Å²) in [5.74, 6) is -7.96. The van der Waals surface area contributed by atoms with Crippen LogP contribution in [-0.2, 0) is 52.4 Å². The van der Waals surface area contributed by atoms with Gasteiger partial charge in [0, 0.05) is 58.5 Å². The number of carbonyl (C=O) groups is 5. The number of rotatable bonds is 9. The number of amides is 1. The number of aliphatic hydroxyl groups is 3. The summed E-state index contributed by atoms with van der Waals surface area (Å²) in [5.41, 5.74) is 1.26. The van der Waals surface area contributed by atoms with Gasteiger partial charge in [0.05, 0.1) is 37.6 Å². The van der Waals surface area contributed by atoms with Crippen LogP contribution >= 0.6 is 0 Å². The first kappa shape index (κ1) is 57.2. The van der Waals surface area contributed by atoms with Crippen LogP contribution in [0.15, 0.2) is 47.6 Å². The van der Waals surface area contributed by atoms with E-state index in [2.05, 4.69) is 0 Å². The molecule has 0 aromatic rings. The van der Waals surface area contributed by atoms with Crippen molar-refractivity contribution in [1.29, 1.82) is 0 Å². The average Bonchev–Trinajstić information content (AvgIpc) is 3.32. The third-order valence-electron chi connectivity index (χ3n) is 14.9. The number of hydrogen-bond donors (Lipinski definition) is 3. The lowest BCUT2D eigenvalue weighted by molar-refractivity contribution is -0.265. The Labute approximate surface area is 405 Å². The van der Waals surface area contributed by atoms with Gasteiger partial charge in [-0.1, -0.05) is 71.1 Å². The summed E-state index contributed by atoms with van der Waals surface area (Å²) in [6.07, 6.45) is 12.0. The van der Waals surface area contributed by atoms with Crippen LogP contribution in [0.3, 0.4) is 0 Å². The molecular formula is C53H83NO14. The van der Waals surface area contributed by atoms with Gasteiger partial charge < -0.3 is 48.6 Å². The second-order valence-electron chi connectivity index (χ2n) is 20.2. The highest BCUT2D eigenvalue weighted by Gasteiger charge is 2.53. The van der Waals surface area contributed by atoms with Gasteiger partial charge in [0.1, 0.15) is 30.1 Å². The lowest BCUT2D eigenvalue weighted by Gasteiger charge is -2.42. The molecular weight excluding hydrogens is 875 g/mol. The van der Waals surface area contributed by atoms with E-state index in [9.17, 15) is 39.3 Å². The molecule has 0 aromatic heterocycles. The van der Waals surface area contributed by atoms with Crippen molar-refractivity contribution in [3.63, 3.8) is 0 Å². The molecule has 0 radical (unpaired) electrons. The molecule has 15 heteroatoms. The predicted molar refractivity (Wildman–Crippen MR) is 256 cm³/mol. The van der Waals surface area contributed by atoms with E-state index in [0.717, 1.165) is 12.0 Å². The molecule has 3 N–H and O–H groups in total. The number of ether oxygens (including phenoxy) is 6. The van der Waals surface area contributed by atoms with Crippen LogP contribution in [0.4, 0.5) is 0 Å². The SMILES string of the molecule is CO[C@H]1C[C@@H]2CC[C@@H](C)[C@@](O)(O2)C(=O)C(=O)N2CCCCC2C(=O)O[C@H]([C@H](C)C[C@@H]2CC[C@@H](OCCO)[C@H](OC)C2)CC(=O)[C@H](C)/C=C(\C)[C@@H](O)[C@@H](OC)C(=O)[C@H](C)C[C@H](C)\C=C/C=C/C=C/1C. The number of cyclic esters (lactones) is 1. The van der Waals surface area contributed by atoms with E-state index < -0.39 is 77.8 Å². The molecule has 0 spiro atoms. The maximum Gasteiger partial charge on any atom is 0.329 e.